The summed E-state index contributed by atoms with van der Waals surface area (Å²) in [6, 6.07) is 14.0. The van der Waals surface area contributed by atoms with Crippen molar-refractivity contribution in [3.05, 3.63) is 65.5 Å². The number of hydrogen-bond acceptors (Lipinski definition) is 3. The quantitative estimate of drug-likeness (QED) is 0.859. The first kappa shape index (κ1) is 15.5. The van der Waals surface area contributed by atoms with E-state index >= 15 is 0 Å². The largest absolute Gasteiger partial charge is 0.493 e. The van der Waals surface area contributed by atoms with Gasteiger partial charge in [-0.15, -0.1) is 0 Å². The Morgan fingerprint density at radius 1 is 1.19 bits per heavy atom. The lowest BCUT2D eigenvalue weighted by Crippen LogP contribution is -2.36. The van der Waals surface area contributed by atoms with E-state index < -0.39 is 5.60 Å². The first-order valence-corrected chi connectivity index (χ1v) is 6.92. The number of hydrogen-bond donors (Lipinski definition) is 2. The van der Waals surface area contributed by atoms with E-state index in [9.17, 15) is 9.50 Å². The van der Waals surface area contributed by atoms with Crippen molar-refractivity contribution in [2.75, 3.05) is 13.2 Å². The van der Waals surface area contributed by atoms with Crippen molar-refractivity contribution in [1.82, 2.24) is 0 Å². The van der Waals surface area contributed by atoms with Gasteiger partial charge in [0.25, 0.3) is 0 Å². The molecule has 0 heterocycles. The molecule has 0 amide bonds. The van der Waals surface area contributed by atoms with E-state index in [1.165, 1.54) is 6.07 Å². The molecule has 1 unspecified atom stereocenters. The van der Waals surface area contributed by atoms with Crippen molar-refractivity contribution in [2.45, 2.75) is 18.9 Å². The fourth-order valence-electron chi connectivity index (χ4n) is 2.11. The number of aliphatic hydroxyl groups is 1. The summed E-state index contributed by atoms with van der Waals surface area (Å²) >= 11 is 0. The minimum Gasteiger partial charge on any atom is -0.493 e. The average Bonchev–Trinajstić information content (AvgIpc) is 2.51. The van der Waals surface area contributed by atoms with E-state index in [0.29, 0.717) is 17.7 Å². The third-order valence-corrected chi connectivity index (χ3v) is 3.58. The Balaban J connectivity index is 1.99. The van der Waals surface area contributed by atoms with Crippen molar-refractivity contribution in [3.63, 3.8) is 0 Å². The smallest absolute Gasteiger partial charge is 0.129 e. The fraction of sp³-hybridized carbons (Fsp3) is 0.294. The highest BCUT2D eigenvalue weighted by Gasteiger charge is 2.27. The Kier molecular flexibility index (Phi) is 4.94. The summed E-state index contributed by atoms with van der Waals surface area (Å²) < 4.78 is 18.9. The second-order valence-electron chi connectivity index (χ2n) is 5.11. The van der Waals surface area contributed by atoms with Gasteiger partial charge < -0.3 is 15.6 Å². The standard InChI is InChI=1S/C17H20FNO2/c1-13-7-8-15(11-16(13)18)21-10-9-17(20,12-19)14-5-3-2-4-6-14/h2-8,11,20H,9-10,12,19H2,1H3. The van der Waals surface area contributed by atoms with Gasteiger partial charge in [0.1, 0.15) is 17.2 Å². The van der Waals surface area contributed by atoms with Gasteiger partial charge in [0, 0.05) is 19.0 Å². The van der Waals surface area contributed by atoms with Gasteiger partial charge in [0.05, 0.1) is 6.61 Å². The second kappa shape index (κ2) is 6.70. The lowest BCUT2D eigenvalue weighted by Gasteiger charge is -2.27. The molecule has 0 bridgehead atoms. The predicted octanol–water partition coefficient (Wildman–Crippen LogP) is 2.75. The fourth-order valence-corrected chi connectivity index (χ4v) is 2.11. The van der Waals surface area contributed by atoms with Crippen LogP contribution in [0.4, 0.5) is 4.39 Å². The molecule has 0 aliphatic rings. The van der Waals surface area contributed by atoms with Gasteiger partial charge in [-0.05, 0) is 24.1 Å². The molecule has 112 valence electrons. The Hall–Kier alpha value is -1.91. The number of halogens is 1. The van der Waals surface area contributed by atoms with Crippen LogP contribution in [0.1, 0.15) is 17.5 Å². The summed E-state index contributed by atoms with van der Waals surface area (Å²) in [5.74, 6) is 0.148. The van der Waals surface area contributed by atoms with E-state index in [0.717, 1.165) is 5.56 Å². The van der Waals surface area contributed by atoms with Crippen LogP contribution in [0.5, 0.6) is 5.75 Å². The molecule has 3 nitrogen and oxygen atoms in total. The molecule has 0 saturated carbocycles. The van der Waals surface area contributed by atoms with E-state index in [1.54, 1.807) is 19.1 Å². The maximum Gasteiger partial charge on any atom is 0.129 e. The highest BCUT2D eigenvalue weighted by atomic mass is 19.1. The highest BCUT2D eigenvalue weighted by Crippen LogP contribution is 2.24. The van der Waals surface area contributed by atoms with Gasteiger partial charge >= 0.3 is 0 Å². The molecule has 0 aliphatic carbocycles. The molecule has 2 aromatic carbocycles. The van der Waals surface area contributed by atoms with Crippen molar-refractivity contribution >= 4 is 0 Å². The summed E-state index contributed by atoms with van der Waals surface area (Å²) in [5.41, 5.74) is 5.89. The van der Waals surface area contributed by atoms with Gasteiger partial charge in [-0.1, -0.05) is 36.4 Å². The predicted molar refractivity (Wildman–Crippen MR) is 80.6 cm³/mol. The summed E-state index contributed by atoms with van der Waals surface area (Å²) in [6.45, 7) is 2.05. The molecular weight excluding hydrogens is 269 g/mol. The molecule has 2 rings (SSSR count). The van der Waals surface area contributed by atoms with Crippen molar-refractivity contribution in [1.29, 1.82) is 0 Å². The van der Waals surface area contributed by atoms with Crippen molar-refractivity contribution < 1.29 is 14.2 Å². The average molecular weight is 289 g/mol. The molecule has 2 aromatic rings. The van der Waals surface area contributed by atoms with Gasteiger partial charge in [0.15, 0.2) is 0 Å². The number of aryl methyl sites for hydroxylation is 1. The molecule has 0 aliphatic heterocycles. The van der Waals surface area contributed by atoms with Crippen LogP contribution in [0.25, 0.3) is 0 Å². The maximum absolute atomic E-state index is 13.4. The van der Waals surface area contributed by atoms with Crippen LogP contribution in [0.2, 0.25) is 0 Å². The first-order valence-electron chi connectivity index (χ1n) is 6.92. The van der Waals surface area contributed by atoms with Crippen molar-refractivity contribution in [2.24, 2.45) is 5.73 Å². The van der Waals surface area contributed by atoms with Crippen LogP contribution >= 0.6 is 0 Å². The minimum atomic E-state index is -1.13. The van der Waals surface area contributed by atoms with Crippen LogP contribution < -0.4 is 10.5 Å². The maximum atomic E-state index is 13.4. The molecule has 21 heavy (non-hydrogen) atoms. The van der Waals surface area contributed by atoms with Crippen LogP contribution in [0, 0.1) is 12.7 Å². The highest BCUT2D eigenvalue weighted by molar-refractivity contribution is 5.28. The lowest BCUT2D eigenvalue weighted by molar-refractivity contribution is 0.0233. The third kappa shape index (κ3) is 3.80. The normalized spacial score (nSPS) is 13.7. The van der Waals surface area contributed by atoms with E-state index in [1.807, 2.05) is 30.3 Å². The Morgan fingerprint density at radius 3 is 2.52 bits per heavy atom. The van der Waals surface area contributed by atoms with Crippen LogP contribution in [0.15, 0.2) is 48.5 Å². The van der Waals surface area contributed by atoms with Gasteiger partial charge in [0.2, 0.25) is 0 Å². The molecule has 3 N–H and O–H groups in total. The van der Waals surface area contributed by atoms with Crippen LogP contribution in [0.3, 0.4) is 0 Å². The summed E-state index contributed by atoms with van der Waals surface area (Å²) in [6.07, 6.45) is 0.336. The van der Waals surface area contributed by atoms with E-state index in [2.05, 4.69) is 0 Å². The van der Waals surface area contributed by atoms with Crippen LogP contribution in [-0.2, 0) is 5.60 Å². The van der Waals surface area contributed by atoms with Gasteiger partial charge in [-0.3, -0.25) is 0 Å². The molecule has 0 saturated heterocycles. The first-order chi connectivity index (χ1) is 10.0. The van der Waals surface area contributed by atoms with Gasteiger partial charge in [-0.25, -0.2) is 4.39 Å². The number of benzene rings is 2. The van der Waals surface area contributed by atoms with Crippen molar-refractivity contribution in [3.8, 4) is 5.75 Å². The lowest BCUT2D eigenvalue weighted by atomic mass is 9.91. The SMILES string of the molecule is Cc1ccc(OCCC(O)(CN)c2ccccc2)cc1F. The number of ether oxygens (including phenoxy) is 1. The second-order valence-corrected chi connectivity index (χ2v) is 5.11. The zero-order chi connectivity index (χ0) is 15.3. The Labute approximate surface area is 124 Å². The summed E-state index contributed by atoms with van der Waals surface area (Å²) in [5, 5.41) is 10.6. The molecule has 0 fully saturated rings. The Bertz CT molecular complexity index is 589. The number of rotatable bonds is 6. The third-order valence-electron chi connectivity index (χ3n) is 3.58. The summed E-state index contributed by atoms with van der Waals surface area (Å²) in [4.78, 5) is 0. The summed E-state index contributed by atoms with van der Waals surface area (Å²) in [7, 11) is 0. The molecule has 0 spiro atoms. The molecule has 0 aromatic heterocycles. The number of nitrogens with two attached hydrogens (primary N) is 1. The monoisotopic (exact) mass is 289 g/mol. The molecular formula is C17H20FNO2. The van der Waals surface area contributed by atoms with Crippen LogP contribution in [-0.4, -0.2) is 18.3 Å². The Morgan fingerprint density at radius 2 is 1.90 bits per heavy atom. The zero-order valence-electron chi connectivity index (χ0n) is 12.1. The molecule has 4 heteroatoms. The van der Waals surface area contributed by atoms with Gasteiger partial charge in [-0.2, -0.15) is 0 Å². The zero-order valence-corrected chi connectivity index (χ0v) is 12.1. The van der Waals surface area contributed by atoms with E-state index in [4.69, 9.17) is 10.5 Å². The topological polar surface area (TPSA) is 55.5 Å². The molecule has 0 radical (unpaired) electrons. The minimum absolute atomic E-state index is 0.0998. The molecule has 1 atom stereocenters. The van der Waals surface area contributed by atoms with E-state index in [-0.39, 0.29) is 19.0 Å².